The van der Waals surface area contributed by atoms with Crippen molar-refractivity contribution in [2.24, 2.45) is 0 Å². The predicted molar refractivity (Wildman–Crippen MR) is 74.6 cm³/mol. The highest BCUT2D eigenvalue weighted by atomic mass is 19.1. The second-order valence-corrected chi connectivity index (χ2v) is 5.64. The molecule has 20 heavy (non-hydrogen) atoms. The van der Waals surface area contributed by atoms with Gasteiger partial charge >= 0.3 is 5.97 Å². The number of benzene rings is 1. The van der Waals surface area contributed by atoms with E-state index in [0.717, 1.165) is 19.5 Å². The van der Waals surface area contributed by atoms with Crippen molar-refractivity contribution < 1.29 is 14.3 Å². The number of carboxylic acids is 1. The number of anilines is 1. The normalized spacial score (nSPS) is 26.2. The third-order valence-electron chi connectivity index (χ3n) is 4.41. The smallest absolute Gasteiger partial charge is 0.338 e. The largest absolute Gasteiger partial charge is 0.478 e. The van der Waals surface area contributed by atoms with Gasteiger partial charge in [-0.05, 0) is 44.0 Å². The molecule has 4 nitrogen and oxygen atoms in total. The number of nitrogens with one attached hydrogen (secondary N) is 1. The molecule has 2 atom stereocenters. The van der Waals surface area contributed by atoms with Crippen molar-refractivity contribution in [2.45, 2.75) is 37.8 Å². The Morgan fingerprint density at radius 3 is 2.90 bits per heavy atom. The van der Waals surface area contributed by atoms with Gasteiger partial charge < -0.3 is 10.4 Å². The summed E-state index contributed by atoms with van der Waals surface area (Å²) < 4.78 is 13.7. The minimum absolute atomic E-state index is 0.277. The predicted octanol–water partition coefficient (Wildman–Crippen LogP) is 2.56. The average Bonchev–Trinajstić information content (AvgIpc) is 2.82. The lowest BCUT2D eigenvalue weighted by molar-refractivity contribution is 0.0692. The molecule has 0 aliphatic carbocycles. The van der Waals surface area contributed by atoms with Gasteiger partial charge in [-0.2, -0.15) is 0 Å². The zero-order chi connectivity index (χ0) is 14.1. The van der Waals surface area contributed by atoms with E-state index in [4.69, 9.17) is 5.11 Å². The summed E-state index contributed by atoms with van der Waals surface area (Å²) in [7, 11) is 0. The number of hydrogen-bond acceptors (Lipinski definition) is 3. The van der Waals surface area contributed by atoms with Crippen molar-refractivity contribution in [1.82, 2.24) is 4.90 Å². The summed E-state index contributed by atoms with van der Waals surface area (Å²) in [5.74, 6) is -1.91. The molecule has 0 saturated carbocycles. The standard InChI is InChI=1S/C15H19FN2O2/c16-12-9-10(4-5-11(12)15(19)20)17-13-6-8-18-7-2-1-3-14(13)18/h4-5,9,13-14,17H,1-3,6-8H2,(H,19,20). The van der Waals surface area contributed by atoms with Crippen LogP contribution in [0, 0.1) is 5.82 Å². The van der Waals surface area contributed by atoms with E-state index in [9.17, 15) is 9.18 Å². The van der Waals surface area contributed by atoms with Crippen LogP contribution in [0.4, 0.5) is 10.1 Å². The molecule has 3 rings (SSSR count). The maximum atomic E-state index is 13.7. The lowest BCUT2D eigenvalue weighted by atomic mass is 9.99. The first kappa shape index (κ1) is 13.4. The van der Waals surface area contributed by atoms with Gasteiger partial charge in [-0.25, -0.2) is 9.18 Å². The zero-order valence-corrected chi connectivity index (χ0v) is 11.3. The van der Waals surface area contributed by atoms with E-state index < -0.39 is 11.8 Å². The van der Waals surface area contributed by atoms with Crippen LogP contribution in [0.15, 0.2) is 18.2 Å². The zero-order valence-electron chi connectivity index (χ0n) is 11.3. The highest BCUT2D eigenvalue weighted by Gasteiger charge is 2.35. The van der Waals surface area contributed by atoms with Gasteiger partial charge in [-0.3, -0.25) is 4.90 Å². The van der Waals surface area contributed by atoms with Crippen LogP contribution >= 0.6 is 0 Å². The van der Waals surface area contributed by atoms with Gasteiger partial charge in [0.1, 0.15) is 5.82 Å². The summed E-state index contributed by atoms with van der Waals surface area (Å²) in [4.78, 5) is 13.3. The van der Waals surface area contributed by atoms with E-state index in [-0.39, 0.29) is 5.56 Å². The number of carbonyl (C=O) groups is 1. The van der Waals surface area contributed by atoms with Crippen LogP contribution in [0.5, 0.6) is 0 Å². The van der Waals surface area contributed by atoms with E-state index >= 15 is 0 Å². The van der Waals surface area contributed by atoms with Crippen LogP contribution in [0.3, 0.4) is 0 Å². The summed E-state index contributed by atoms with van der Waals surface area (Å²) in [6, 6.07) is 5.14. The summed E-state index contributed by atoms with van der Waals surface area (Å²) in [6.45, 7) is 2.26. The molecule has 2 fully saturated rings. The summed E-state index contributed by atoms with van der Waals surface area (Å²) in [5.41, 5.74) is 0.395. The van der Waals surface area contributed by atoms with Crippen LogP contribution in [0.25, 0.3) is 0 Å². The maximum absolute atomic E-state index is 13.7. The SMILES string of the molecule is O=C(O)c1ccc(NC2CCN3CCCCC23)cc1F. The van der Waals surface area contributed by atoms with Gasteiger partial charge in [-0.15, -0.1) is 0 Å². The number of carboxylic acid groups (broad SMARTS) is 1. The maximum Gasteiger partial charge on any atom is 0.338 e. The fourth-order valence-corrected chi connectivity index (χ4v) is 3.41. The van der Waals surface area contributed by atoms with Crippen molar-refractivity contribution in [2.75, 3.05) is 18.4 Å². The van der Waals surface area contributed by atoms with Gasteiger partial charge in [0.15, 0.2) is 0 Å². The van der Waals surface area contributed by atoms with Gasteiger partial charge in [-0.1, -0.05) is 6.42 Å². The Hall–Kier alpha value is -1.62. The van der Waals surface area contributed by atoms with Crippen molar-refractivity contribution in [3.8, 4) is 0 Å². The number of aromatic carboxylic acids is 1. The van der Waals surface area contributed by atoms with E-state index in [1.165, 1.54) is 31.4 Å². The molecule has 1 aromatic rings. The molecule has 0 spiro atoms. The molecule has 2 heterocycles. The van der Waals surface area contributed by atoms with Crippen molar-refractivity contribution in [3.63, 3.8) is 0 Å². The molecule has 0 amide bonds. The molecule has 2 N–H and O–H groups in total. The number of fused-ring (bicyclic) bond motifs is 1. The average molecular weight is 278 g/mol. The molecule has 2 aliphatic rings. The van der Waals surface area contributed by atoms with Crippen molar-refractivity contribution in [1.29, 1.82) is 0 Å². The molecule has 2 aliphatic heterocycles. The van der Waals surface area contributed by atoms with Crippen LogP contribution in [0.2, 0.25) is 0 Å². The molecule has 0 radical (unpaired) electrons. The fourth-order valence-electron chi connectivity index (χ4n) is 3.41. The third kappa shape index (κ3) is 2.50. The van der Waals surface area contributed by atoms with Gasteiger partial charge in [0, 0.05) is 24.3 Å². The minimum atomic E-state index is -1.23. The molecule has 2 unspecified atom stereocenters. The number of rotatable bonds is 3. The summed E-state index contributed by atoms with van der Waals surface area (Å²) in [6.07, 6.45) is 4.77. The third-order valence-corrected chi connectivity index (χ3v) is 4.41. The highest BCUT2D eigenvalue weighted by Crippen LogP contribution is 2.29. The second-order valence-electron chi connectivity index (χ2n) is 5.64. The van der Waals surface area contributed by atoms with Crippen LogP contribution < -0.4 is 5.32 Å². The van der Waals surface area contributed by atoms with Gasteiger partial charge in [0.25, 0.3) is 0 Å². The summed E-state index contributed by atoms with van der Waals surface area (Å²) >= 11 is 0. The Bertz CT molecular complexity index is 521. The van der Waals surface area contributed by atoms with Crippen LogP contribution in [0.1, 0.15) is 36.0 Å². The van der Waals surface area contributed by atoms with Crippen molar-refractivity contribution in [3.05, 3.63) is 29.6 Å². The van der Waals surface area contributed by atoms with E-state index in [1.807, 2.05) is 0 Å². The number of halogens is 1. The van der Waals surface area contributed by atoms with E-state index in [0.29, 0.717) is 17.8 Å². The minimum Gasteiger partial charge on any atom is -0.478 e. The second kappa shape index (κ2) is 5.40. The molecule has 1 aromatic carbocycles. The Balaban J connectivity index is 1.72. The monoisotopic (exact) mass is 278 g/mol. The lowest BCUT2D eigenvalue weighted by Crippen LogP contribution is -2.41. The molecule has 108 valence electrons. The molecule has 0 aromatic heterocycles. The molecule has 5 heteroatoms. The Labute approximate surface area is 117 Å². The summed E-state index contributed by atoms with van der Waals surface area (Å²) in [5, 5.41) is 12.2. The molecule has 0 bridgehead atoms. The fraction of sp³-hybridized carbons (Fsp3) is 0.533. The highest BCUT2D eigenvalue weighted by molar-refractivity contribution is 5.88. The van der Waals surface area contributed by atoms with Gasteiger partial charge in [0.05, 0.1) is 5.56 Å². The first-order valence-electron chi connectivity index (χ1n) is 7.18. The van der Waals surface area contributed by atoms with E-state index in [2.05, 4.69) is 10.2 Å². The lowest BCUT2D eigenvalue weighted by Gasteiger charge is -2.33. The molecular weight excluding hydrogens is 259 g/mol. The van der Waals surface area contributed by atoms with Crippen LogP contribution in [-0.2, 0) is 0 Å². The van der Waals surface area contributed by atoms with Crippen molar-refractivity contribution >= 4 is 11.7 Å². The number of hydrogen-bond donors (Lipinski definition) is 2. The topological polar surface area (TPSA) is 52.6 Å². The number of nitrogens with zero attached hydrogens (tertiary/aromatic N) is 1. The van der Waals surface area contributed by atoms with Crippen LogP contribution in [-0.4, -0.2) is 41.1 Å². The Morgan fingerprint density at radius 2 is 2.15 bits per heavy atom. The quantitative estimate of drug-likeness (QED) is 0.892. The van der Waals surface area contributed by atoms with E-state index in [1.54, 1.807) is 6.07 Å². The Morgan fingerprint density at radius 1 is 1.30 bits per heavy atom. The Kier molecular flexibility index (Phi) is 3.61. The van der Waals surface area contributed by atoms with Gasteiger partial charge in [0.2, 0.25) is 0 Å². The first-order chi connectivity index (χ1) is 9.65. The molecular formula is C15H19FN2O2. The molecule has 2 saturated heterocycles. The first-order valence-corrected chi connectivity index (χ1v) is 7.18. The number of piperidine rings is 1.